The van der Waals surface area contributed by atoms with E-state index in [0.717, 1.165) is 11.3 Å². The number of fused-ring (bicyclic) bond motifs is 1. The number of benzene rings is 2. The van der Waals surface area contributed by atoms with E-state index >= 15 is 0 Å². The number of carbonyl (C=O) groups is 2. The van der Waals surface area contributed by atoms with Crippen molar-refractivity contribution >= 4 is 52.2 Å². The Morgan fingerprint density at radius 3 is 2.41 bits per heavy atom. The lowest BCUT2D eigenvalue weighted by atomic mass is 10.1. The fraction of sp³-hybridized carbons (Fsp3) is 0.0870. The maximum absolute atomic E-state index is 13.2. The van der Waals surface area contributed by atoms with Gasteiger partial charge in [-0.1, -0.05) is 35.3 Å². The van der Waals surface area contributed by atoms with Crippen LogP contribution in [0.1, 0.15) is 10.4 Å². The molecule has 0 unspecified atom stereocenters. The predicted molar refractivity (Wildman–Crippen MR) is 126 cm³/mol. The molecule has 0 spiro atoms. The molecule has 0 atom stereocenters. The second-order valence-electron chi connectivity index (χ2n) is 6.94. The van der Waals surface area contributed by atoms with Gasteiger partial charge in [0.1, 0.15) is 5.65 Å². The number of nitrogens with zero attached hydrogens (tertiary/aromatic N) is 3. The van der Waals surface area contributed by atoms with E-state index in [1.165, 1.54) is 12.0 Å². The van der Waals surface area contributed by atoms with Gasteiger partial charge in [-0.25, -0.2) is 9.78 Å². The summed E-state index contributed by atoms with van der Waals surface area (Å²) >= 11 is 12.4. The summed E-state index contributed by atoms with van der Waals surface area (Å²) in [6.45, 7) is 0. The normalized spacial score (nSPS) is 10.8. The molecular weight excluding hydrogens is 451 g/mol. The highest BCUT2D eigenvalue weighted by atomic mass is 35.5. The van der Waals surface area contributed by atoms with Crippen molar-refractivity contribution in [2.75, 3.05) is 24.4 Å². The first-order chi connectivity index (χ1) is 15.4. The Bertz CT molecular complexity index is 1300. The Morgan fingerprint density at radius 1 is 1.06 bits per heavy atom. The fourth-order valence-corrected chi connectivity index (χ4v) is 3.58. The summed E-state index contributed by atoms with van der Waals surface area (Å²) in [5, 5.41) is 3.50. The fourth-order valence-electron chi connectivity index (χ4n) is 3.23. The van der Waals surface area contributed by atoms with Crippen molar-refractivity contribution < 1.29 is 14.3 Å². The maximum Gasteiger partial charge on any atom is 0.411 e. The number of rotatable bonds is 4. The number of ether oxygens (including phenoxy) is 1. The minimum Gasteiger partial charge on any atom is -0.453 e. The lowest BCUT2D eigenvalue weighted by molar-refractivity contribution is 0.0992. The number of methoxy groups -OCH3 is 1. The summed E-state index contributed by atoms with van der Waals surface area (Å²) in [5.74, 6) is -0.267. The van der Waals surface area contributed by atoms with Gasteiger partial charge in [0.2, 0.25) is 0 Å². The Hall–Kier alpha value is -3.55. The van der Waals surface area contributed by atoms with Crippen molar-refractivity contribution in [1.82, 2.24) is 9.38 Å². The molecule has 7 nitrogen and oxygen atoms in total. The van der Waals surface area contributed by atoms with Gasteiger partial charge in [0, 0.05) is 41.3 Å². The van der Waals surface area contributed by atoms with Gasteiger partial charge >= 0.3 is 6.09 Å². The van der Waals surface area contributed by atoms with E-state index in [1.807, 2.05) is 12.1 Å². The standard InChI is InChI=1S/C23H18Cl2N4O3/c1-28(17-9-5-15(24)6-10-17)22(30)18-13-29-20(12-26-21(29)11-19(18)25)14-3-7-16(8-4-14)27-23(31)32-2/h3-13H,1-2H3,(H,27,31). The third-order valence-corrected chi connectivity index (χ3v) is 5.52. The second kappa shape index (κ2) is 8.90. The molecule has 0 fully saturated rings. The lowest BCUT2D eigenvalue weighted by Crippen LogP contribution is -2.26. The van der Waals surface area contributed by atoms with Crippen LogP contribution in [0.25, 0.3) is 16.9 Å². The molecule has 2 amide bonds. The summed E-state index contributed by atoms with van der Waals surface area (Å²) in [4.78, 5) is 30.4. The highest BCUT2D eigenvalue weighted by Gasteiger charge is 2.19. The van der Waals surface area contributed by atoms with Gasteiger partial charge < -0.3 is 9.64 Å². The van der Waals surface area contributed by atoms with Crippen LogP contribution in [0, 0.1) is 0 Å². The zero-order valence-electron chi connectivity index (χ0n) is 17.2. The number of anilines is 2. The van der Waals surface area contributed by atoms with E-state index in [0.29, 0.717) is 32.6 Å². The minimum absolute atomic E-state index is 0.267. The Morgan fingerprint density at radius 2 is 1.75 bits per heavy atom. The van der Waals surface area contributed by atoms with Crippen LogP contribution in [0.4, 0.5) is 16.2 Å². The van der Waals surface area contributed by atoms with Crippen LogP contribution in [0.15, 0.2) is 67.0 Å². The highest BCUT2D eigenvalue weighted by molar-refractivity contribution is 6.35. The summed E-state index contributed by atoms with van der Waals surface area (Å²) in [7, 11) is 2.98. The Labute approximate surface area is 194 Å². The van der Waals surface area contributed by atoms with Crippen LogP contribution < -0.4 is 10.2 Å². The second-order valence-corrected chi connectivity index (χ2v) is 7.78. The molecule has 9 heteroatoms. The van der Waals surface area contributed by atoms with Gasteiger partial charge in [-0.15, -0.1) is 0 Å². The number of pyridine rings is 1. The van der Waals surface area contributed by atoms with Crippen molar-refractivity contribution in [1.29, 1.82) is 0 Å². The number of hydrogen-bond acceptors (Lipinski definition) is 4. The highest BCUT2D eigenvalue weighted by Crippen LogP contribution is 2.28. The van der Waals surface area contributed by atoms with Crippen LogP contribution in [0.5, 0.6) is 0 Å². The number of amides is 2. The van der Waals surface area contributed by atoms with Crippen molar-refractivity contribution in [2.45, 2.75) is 0 Å². The van der Waals surface area contributed by atoms with E-state index in [1.54, 1.807) is 66.3 Å². The average molecular weight is 469 g/mol. The molecule has 0 bridgehead atoms. The van der Waals surface area contributed by atoms with Crippen LogP contribution in [0.2, 0.25) is 10.0 Å². The molecule has 0 aliphatic rings. The van der Waals surface area contributed by atoms with E-state index < -0.39 is 6.09 Å². The van der Waals surface area contributed by atoms with Gasteiger partial charge in [-0.2, -0.15) is 0 Å². The van der Waals surface area contributed by atoms with Crippen LogP contribution in [-0.2, 0) is 4.74 Å². The zero-order valence-corrected chi connectivity index (χ0v) is 18.7. The topological polar surface area (TPSA) is 75.9 Å². The summed E-state index contributed by atoms with van der Waals surface area (Å²) in [5.41, 5.74) is 3.84. The molecule has 32 heavy (non-hydrogen) atoms. The Balaban J connectivity index is 1.68. The first kappa shape index (κ1) is 21.7. The lowest BCUT2D eigenvalue weighted by Gasteiger charge is -2.18. The summed E-state index contributed by atoms with van der Waals surface area (Å²) < 4.78 is 6.40. The molecule has 0 aliphatic carbocycles. The molecule has 0 saturated heterocycles. The molecule has 4 aromatic rings. The molecule has 0 saturated carbocycles. The third kappa shape index (κ3) is 4.26. The zero-order chi connectivity index (χ0) is 22.8. The largest absolute Gasteiger partial charge is 0.453 e. The molecule has 2 heterocycles. The van der Waals surface area contributed by atoms with Gasteiger partial charge in [0.05, 0.1) is 29.6 Å². The number of hydrogen-bond donors (Lipinski definition) is 1. The van der Waals surface area contributed by atoms with E-state index in [2.05, 4.69) is 15.0 Å². The summed E-state index contributed by atoms with van der Waals surface area (Å²) in [6, 6.07) is 15.8. The van der Waals surface area contributed by atoms with E-state index in [4.69, 9.17) is 23.2 Å². The predicted octanol–water partition coefficient (Wildman–Crippen LogP) is 5.76. The molecule has 4 rings (SSSR count). The van der Waals surface area contributed by atoms with E-state index in [-0.39, 0.29) is 5.91 Å². The monoisotopic (exact) mass is 468 g/mol. The quantitative estimate of drug-likeness (QED) is 0.412. The molecule has 2 aromatic carbocycles. The van der Waals surface area contributed by atoms with Crippen molar-refractivity contribution in [3.05, 3.63) is 82.6 Å². The van der Waals surface area contributed by atoms with Gasteiger partial charge in [0.15, 0.2) is 0 Å². The number of carbonyl (C=O) groups excluding carboxylic acids is 2. The Kier molecular flexibility index (Phi) is 6.03. The molecule has 0 aliphatic heterocycles. The summed E-state index contributed by atoms with van der Waals surface area (Å²) in [6.07, 6.45) is 2.83. The molecule has 162 valence electrons. The number of imidazole rings is 1. The molecular formula is C23H18Cl2N4O3. The maximum atomic E-state index is 13.2. The van der Waals surface area contributed by atoms with Crippen molar-refractivity contribution in [3.8, 4) is 11.3 Å². The first-order valence-corrected chi connectivity index (χ1v) is 10.3. The number of nitrogens with one attached hydrogen (secondary N) is 1. The van der Waals surface area contributed by atoms with E-state index in [9.17, 15) is 9.59 Å². The SMILES string of the molecule is COC(=O)Nc1ccc(-c2cnc3cc(Cl)c(C(=O)N(C)c4ccc(Cl)cc4)cn23)cc1. The molecule has 1 N–H and O–H groups in total. The van der Waals surface area contributed by atoms with Crippen molar-refractivity contribution in [2.24, 2.45) is 0 Å². The minimum atomic E-state index is -0.546. The van der Waals surface area contributed by atoms with Crippen molar-refractivity contribution in [3.63, 3.8) is 0 Å². The molecule has 0 radical (unpaired) electrons. The van der Waals surface area contributed by atoms with Gasteiger partial charge in [-0.05, 0) is 36.4 Å². The number of halogens is 2. The van der Waals surface area contributed by atoms with Crippen LogP contribution >= 0.6 is 23.2 Å². The number of aromatic nitrogens is 2. The smallest absolute Gasteiger partial charge is 0.411 e. The molecule has 2 aromatic heterocycles. The van der Waals surface area contributed by atoms with Crippen LogP contribution in [-0.4, -0.2) is 35.5 Å². The van der Waals surface area contributed by atoms with Crippen LogP contribution in [0.3, 0.4) is 0 Å². The van der Waals surface area contributed by atoms with Gasteiger partial charge in [0.25, 0.3) is 5.91 Å². The first-order valence-electron chi connectivity index (χ1n) is 9.53. The average Bonchev–Trinajstić information content (AvgIpc) is 3.21. The third-order valence-electron chi connectivity index (χ3n) is 4.96. The van der Waals surface area contributed by atoms with Gasteiger partial charge in [-0.3, -0.25) is 14.5 Å².